The van der Waals surface area contributed by atoms with E-state index in [1.54, 1.807) is 38.5 Å². The van der Waals surface area contributed by atoms with Crippen LogP contribution >= 0.6 is 0 Å². The third-order valence-electron chi connectivity index (χ3n) is 5.15. The van der Waals surface area contributed by atoms with E-state index in [4.69, 9.17) is 0 Å². The van der Waals surface area contributed by atoms with Crippen molar-refractivity contribution < 1.29 is 13.5 Å². The second-order valence-electron chi connectivity index (χ2n) is 8.62. The fourth-order valence-electron chi connectivity index (χ4n) is 3.70. The molecule has 1 aliphatic heterocycles. The average Bonchev–Trinajstić information content (AvgIpc) is 3.20. The summed E-state index contributed by atoms with van der Waals surface area (Å²) in [5.41, 5.74) is 1.24. The second kappa shape index (κ2) is 8.60. The fourth-order valence-corrected chi connectivity index (χ4v) is 4.87. The molecule has 4 rings (SSSR count). The summed E-state index contributed by atoms with van der Waals surface area (Å²) in [6, 6.07) is 1.50. The van der Waals surface area contributed by atoms with Crippen molar-refractivity contribution in [2.24, 2.45) is 0 Å². The van der Waals surface area contributed by atoms with Gasteiger partial charge in [-0.15, -0.1) is 0 Å². The molecule has 1 fully saturated rings. The molecule has 3 aromatic rings. The van der Waals surface area contributed by atoms with Crippen molar-refractivity contribution in [2.45, 2.75) is 38.3 Å². The third-order valence-corrected chi connectivity index (χ3v) is 6.34. The van der Waals surface area contributed by atoms with Crippen molar-refractivity contribution in [3.63, 3.8) is 0 Å². The van der Waals surface area contributed by atoms with E-state index >= 15 is 0 Å². The van der Waals surface area contributed by atoms with Crippen LogP contribution in [0.3, 0.4) is 0 Å². The van der Waals surface area contributed by atoms with Gasteiger partial charge in [0.15, 0.2) is 11.5 Å². The predicted molar refractivity (Wildman–Crippen MR) is 123 cm³/mol. The van der Waals surface area contributed by atoms with Gasteiger partial charge in [0.2, 0.25) is 16.0 Å². The lowest BCUT2D eigenvalue weighted by molar-refractivity contribution is 0.0943. The quantitative estimate of drug-likeness (QED) is 0.407. The van der Waals surface area contributed by atoms with Gasteiger partial charge >= 0.3 is 0 Å². The molecule has 4 N–H and O–H groups in total. The Morgan fingerprint density at radius 3 is 2.78 bits per heavy atom. The molecule has 1 saturated heterocycles. The number of anilines is 2. The van der Waals surface area contributed by atoms with Crippen LogP contribution in [0.25, 0.3) is 22.4 Å². The summed E-state index contributed by atoms with van der Waals surface area (Å²) in [5.74, 6) is 0.456. The Morgan fingerprint density at radius 2 is 2.09 bits per heavy atom. The second-order valence-corrected chi connectivity index (χ2v) is 10.5. The maximum absolute atomic E-state index is 13.0. The topological polar surface area (TPSA) is 149 Å². The van der Waals surface area contributed by atoms with Crippen LogP contribution in [-0.4, -0.2) is 76.0 Å². The smallest absolute Gasteiger partial charge is 0.233 e. The van der Waals surface area contributed by atoms with Gasteiger partial charge in [0.1, 0.15) is 5.52 Å². The van der Waals surface area contributed by atoms with Crippen molar-refractivity contribution in [3.8, 4) is 11.3 Å². The largest absolute Gasteiger partial charge is 0.389 e. The Hall–Kier alpha value is -2.83. The first-order valence-electron chi connectivity index (χ1n) is 10.5. The number of rotatable bonds is 7. The van der Waals surface area contributed by atoms with Crippen LogP contribution in [0.2, 0.25) is 0 Å². The van der Waals surface area contributed by atoms with Gasteiger partial charge in [0, 0.05) is 25.5 Å². The van der Waals surface area contributed by atoms with Crippen LogP contribution in [0.1, 0.15) is 26.7 Å². The summed E-state index contributed by atoms with van der Waals surface area (Å²) < 4.78 is 27.3. The lowest BCUT2D eigenvalue weighted by Crippen LogP contribution is -2.49. The number of H-pyrrole nitrogens is 1. The van der Waals surface area contributed by atoms with Crippen LogP contribution < -0.4 is 14.9 Å². The standard InChI is InChI=1S/C20H28N8O3S/c1-20(2,29)12-25-19-24-10-14(16-11-23-17-15(26-16)6-8-22-17)18(27-19)28(32(3,30)31)13-5-4-7-21-9-13/h6,8,10-11,13,21,29H,4-5,7,9,12H2,1-3H3,(H,22,23)(H,24,25,27)/t13-/m0/s1. The Labute approximate surface area is 186 Å². The predicted octanol–water partition coefficient (Wildman–Crippen LogP) is 1.12. The minimum atomic E-state index is -3.67. The molecule has 0 spiro atoms. The van der Waals surface area contributed by atoms with Gasteiger partial charge < -0.3 is 20.7 Å². The molecular formula is C20H28N8O3S. The molecule has 3 aromatic heterocycles. The Kier molecular flexibility index (Phi) is 6.01. The van der Waals surface area contributed by atoms with E-state index in [9.17, 15) is 13.5 Å². The van der Waals surface area contributed by atoms with Crippen molar-refractivity contribution in [1.29, 1.82) is 0 Å². The lowest BCUT2D eigenvalue weighted by Gasteiger charge is -2.34. The Morgan fingerprint density at radius 1 is 1.28 bits per heavy atom. The fraction of sp³-hybridized carbons (Fsp3) is 0.500. The minimum Gasteiger partial charge on any atom is -0.389 e. The molecule has 0 aliphatic carbocycles. The van der Waals surface area contributed by atoms with Crippen LogP contribution in [-0.2, 0) is 10.0 Å². The molecule has 1 aliphatic rings. The highest BCUT2D eigenvalue weighted by Crippen LogP contribution is 2.33. The summed E-state index contributed by atoms with van der Waals surface area (Å²) in [6.07, 6.45) is 7.61. The number of aromatic nitrogens is 5. The monoisotopic (exact) mass is 460 g/mol. The lowest BCUT2D eigenvalue weighted by atomic mass is 10.1. The van der Waals surface area contributed by atoms with Gasteiger partial charge in [-0.05, 0) is 39.3 Å². The number of aliphatic hydroxyl groups is 1. The third kappa shape index (κ3) is 4.97. The van der Waals surface area contributed by atoms with Crippen molar-refractivity contribution in [3.05, 3.63) is 24.7 Å². The number of hydrogen-bond donors (Lipinski definition) is 4. The summed E-state index contributed by atoms with van der Waals surface area (Å²) in [4.78, 5) is 20.9. The molecule has 12 heteroatoms. The first kappa shape index (κ1) is 22.4. The molecule has 0 unspecified atom stereocenters. The van der Waals surface area contributed by atoms with E-state index in [0.29, 0.717) is 35.4 Å². The summed E-state index contributed by atoms with van der Waals surface area (Å²) in [7, 11) is -3.67. The van der Waals surface area contributed by atoms with Crippen molar-refractivity contribution in [2.75, 3.05) is 35.5 Å². The summed E-state index contributed by atoms with van der Waals surface area (Å²) in [6.45, 7) is 4.88. The summed E-state index contributed by atoms with van der Waals surface area (Å²) >= 11 is 0. The molecule has 0 radical (unpaired) electrons. The van der Waals surface area contributed by atoms with Crippen LogP contribution in [0.15, 0.2) is 24.7 Å². The molecule has 0 amide bonds. The van der Waals surface area contributed by atoms with E-state index in [0.717, 1.165) is 13.0 Å². The zero-order valence-corrected chi connectivity index (χ0v) is 19.1. The summed E-state index contributed by atoms with van der Waals surface area (Å²) in [5, 5.41) is 16.3. The van der Waals surface area contributed by atoms with Gasteiger partial charge in [-0.1, -0.05) is 0 Å². The van der Waals surface area contributed by atoms with Crippen LogP contribution in [0.5, 0.6) is 0 Å². The van der Waals surface area contributed by atoms with Gasteiger partial charge in [0.25, 0.3) is 0 Å². The number of fused-ring (bicyclic) bond motifs is 1. The zero-order valence-electron chi connectivity index (χ0n) is 18.3. The minimum absolute atomic E-state index is 0.199. The van der Waals surface area contributed by atoms with Crippen LogP contribution in [0.4, 0.5) is 11.8 Å². The molecule has 4 heterocycles. The number of nitrogens with one attached hydrogen (secondary N) is 3. The first-order valence-corrected chi connectivity index (χ1v) is 12.3. The highest BCUT2D eigenvalue weighted by molar-refractivity contribution is 7.92. The van der Waals surface area contributed by atoms with E-state index < -0.39 is 15.6 Å². The van der Waals surface area contributed by atoms with E-state index in [1.807, 2.05) is 0 Å². The first-order chi connectivity index (χ1) is 15.1. The maximum atomic E-state index is 13.0. The molecule has 32 heavy (non-hydrogen) atoms. The molecule has 0 saturated carbocycles. The molecule has 11 nitrogen and oxygen atoms in total. The number of aromatic amines is 1. The highest BCUT2D eigenvalue weighted by atomic mass is 32.2. The molecule has 172 valence electrons. The van der Waals surface area contributed by atoms with Crippen molar-refractivity contribution >= 4 is 33.0 Å². The normalized spacial score (nSPS) is 17.4. The highest BCUT2D eigenvalue weighted by Gasteiger charge is 2.32. The van der Waals surface area contributed by atoms with E-state index in [-0.39, 0.29) is 24.4 Å². The zero-order chi connectivity index (χ0) is 22.9. The molecule has 0 aromatic carbocycles. The van der Waals surface area contributed by atoms with E-state index in [1.165, 1.54) is 10.6 Å². The average molecular weight is 461 g/mol. The van der Waals surface area contributed by atoms with Gasteiger partial charge in [0.05, 0.1) is 35.4 Å². The molecule has 1 atom stereocenters. The van der Waals surface area contributed by atoms with Crippen LogP contribution in [0, 0.1) is 0 Å². The van der Waals surface area contributed by atoms with E-state index in [2.05, 4.69) is 35.6 Å². The molecule has 0 bridgehead atoms. The van der Waals surface area contributed by atoms with Crippen molar-refractivity contribution in [1.82, 2.24) is 30.2 Å². The number of piperidine rings is 1. The Bertz CT molecular complexity index is 1200. The van der Waals surface area contributed by atoms with Gasteiger partial charge in [-0.3, -0.25) is 0 Å². The Balaban J connectivity index is 1.84. The van der Waals surface area contributed by atoms with Gasteiger partial charge in [-0.25, -0.2) is 27.7 Å². The SMILES string of the molecule is CC(C)(O)CNc1ncc(-c2cnc3[nH]ccc3n2)c(N([C@H]2CCCNC2)S(C)(=O)=O)n1. The maximum Gasteiger partial charge on any atom is 0.233 e. The number of nitrogens with zero attached hydrogens (tertiary/aromatic N) is 5. The van der Waals surface area contributed by atoms with Gasteiger partial charge in [-0.2, -0.15) is 4.98 Å². The molecular weight excluding hydrogens is 432 g/mol. The number of sulfonamides is 1. The number of hydrogen-bond acceptors (Lipinski definition) is 9.